The second-order valence-corrected chi connectivity index (χ2v) is 6.36. The first-order valence-electron chi connectivity index (χ1n) is 7.42. The lowest BCUT2D eigenvalue weighted by Gasteiger charge is -2.13. The van der Waals surface area contributed by atoms with E-state index in [1.54, 1.807) is 13.1 Å². The molecule has 1 N–H and O–H groups in total. The van der Waals surface area contributed by atoms with Crippen LogP contribution in [0.5, 0.6) is 11.6 Å². The van der Waals surface area contributed by atoms with Gasteiger partial charge in [0.15, 0.2) is 0 Å². The molecular weight excluding hydrogens is 370 g/mol. The van der Waals surface area contributed by atoms with Crippen molar-refractivity contribution < 1.29 is 4.74 Å². The Bertz CT molecular complexity index is 967. The van der Waals surface area contributed by atoms with Gasteiger partial charge in [0.2, 0.25) is 5.88 Å². The Morgan fingerprint density at radius 1 is 1.17 bits per heavy atom. The fraction of sp³-hybridized carbons (Fsp3) is 0.167. The molecule has 0 aliphatic rings. The summed E-state index contributed by atoms with van der Waals surface area (Å²) in [6, 6.07) is 9.44. The van der Waals surface area contributed by atoms with Crippen molar-refractivity contribution >= 4 is 15.9 Å². The monoisotopic (exact) mass is 385 g/mol. The molecule has 6 heteroatoms. The van der Waals surface area contributed by atoms with E-state index in [0.717, 1.165) is 26.9 Å². The van der Waals surface area contributed by atoms with Gasteiger partial charge in [0.05, 0.1) is 10.2 Å². The molecule has 0 saturated carbocycles. The molecule has 24 heavy (non-hydrogen) atoms. The maximum absolute atomic E-state index is 11.9. The average molecular weight is 386 g/mol. The third kappa shape index (κ3) is 3.10. The van der Waals surface area contributed by atoms with Gasteiger partial charge in [-0.2, -0.15) is 5.10 Å². The zero-order valence-corrected chi connectivity index (χ0v) is 15.1. The second-order valence-electron chi connectivity index (χ2n) is 5.51. The number of ether oxygens (including phenoxy) is 1. The smallest absolute Gasteiger partial charge is 0.267 e. The van der Waals surface area contributed by atoms with Crippen molar-refractivity contribution in [3.05, 3.63) is 68.2 Å². The second kappa shape index (κ2) is 6.57. The minimum absolute atomic E-state index is 0.173. The van der Waals surface area contributed by atoms with E-state index in [2.05, 4.69) is 31.1 Å². The lowest BCUT2D eigenvalue weighted by atomic mass is 9.96. The quantitative estimate of drug-likeness (QED) is 0.728. The van der Waals surface area contributed by atoms with E-state index in [1.165, 1.54) is 0 Å². The number of hydrogen-bond acceptors (Lipinski definition) is 4. The Balaban J connectivity index is 2.01. The molecule has 1 aromatic carbocycles. The van der Waals surface area contributed by atoms with Crippen LogP contribution in [0.15, 0.2) is 45.8 Å². The number of rotatable bonds is 3. The lowest BCUT2D eigenvalue weighted by Crippen LogP contribution is -2.14. The molecule has 0 spiro atoms. The fourth-order valence-corrected chi connectivity index (χ4v) is 2.93. The molecular formula is C18H16BrN3O2. The van der Waals surface area contributed by atoms with E-state index >= 15 is 0 Å². The van der Waals surface area contributed by atoms with Crippen LogP contribution in [0, 0.1) is 20.8 Å². The molecule has 2 aromatic heterocycles. The summed E-state index contributed by atoms with van der Waals surface area (Å²) in [5.74, 6) is 1.19. The standard InChI is InChI=1S/C18H16BrN3O2/c1-10-9-13(24-18-15(19)5-4-8-20-18)6-7-14(10)16-11(2)17(23)22-21-12(16)3/h4-9H,1-3H3,(H,22,23). The van der Waals surface area contributed by atoms with E-state index in [0.29, 0.717) is 17.2 Å². The highest BCUT2D eigenvalue weighted by molar-refractivity contribution is 9.10. The summed E-state index contributed by atoms with van der Waals surface area (Å²) < 4.78 is 6.61. The van der Waals surface area contributed by atoms with Crippen molar-refractivity contribution in [3.63, 3.8) is 0 Å². The van der Waals surface area contributed by atoms with Crippen molar-refractivity contribution in [2.45, 2.75) is 20.8 Å². The van der Waals surface area contributed by atoms with Crippen LogP contribution < -0.4 is 10.3 Å². The van der Waals surface area contributed by atoms with E-state index < -0.39 is 0 Å². The molecule has 0 fully saturated rings. The largest absolute Gasteiger partial charge is 0.438 e. The van der Waals surface area contributed by atoms with Crippen molar-refractivity contribution in [2.24, 2.45) is 0 Å². The molecule has 0 bridgehead atoms. The van der Waals surface area contributed by atoms with Crippen LogP contribution in [0.2, 0.25) is 0 Å². The topological polar surface area (TPSA) is 67.9 Å². The van der Waals surface area contributed by atoms with Crippen LogP contribution in [0.25, 0.3) is 11.1 Å². The molecule has 2 heterocycles. The number of benzene rings is 1. The predicted octanol–water partition coefficient (Wildman–Crippen LogP) is 4.31. The third-order valence-electron chi connectivity index (χ3n) is 3.81. The molecule has 0 atom stereocenters. The molecule has 0 radical (unpaired) electrons. The van der Waals surface area contributed by atoms with Crippen molar-refractivity contribution in [1.82, 2.24) is 15.2 Å². The normalized spacial score (nSPS) is 10.7. The molecule has 3 aromatic rings. The number of H-pyrrole nitrogens is 1. The summed E-state index contributed by atoms with van der Waals surface area (Å²) in [7, 11) is 0. The number of aromatic nitrogens is 3. The van der Waals surface area contributed by atoms with Crippen LogP contribution in [-0.4, -0.2) is 15.2 Å². The van der Waals surface area contributed by atoms with Gasteiger partial charge in [-0.25, -0.2) is 10.1 Å². The maximum Gasteiger partial charge on any atom is 0.267 e. The molecule has 0 unspecified atom stereocenters. The summed E-state index contributed by atoms with van der Waals surface area (Å²) in [5, 5.41) is 6.58. The van der Waals surface area contributed by atoms with E-state index in [4.69, 9.17) is 4.74 Å². The molecule has 122 valence electrons. The zero-order chi connectivity index (χ0) is 17.3. The van der Waals surface area contributed by atoms with E-state index in [1.807, 2.05) is 44.2 Å². The van der Waals surface area contributed by atoms with Gasteiger partial charge in [-0.1, -0.05) is 6.07 Å². The van der Waals surface area contributed by atoms with Crippen LogP contribution in [-0.2, 0) is 0 Å². The Labute approximate surface area is 147 Å². The Kier molecular flexibility index (Phi) is 4.49. The van der Waals surface area contributed by atoms with Gasteiger partial charge in [0.25, 0.3) is 5.56 Å². The highest BCUT2D eigenvalue weighted by atomic mass is 79.9. The maximum atomic E-state index is 11.9. The highest BCUT2D eigenvalue weighted by Crippen LogP contribution is 2.32. The number of aryl methyl sites for hydroxylation is 2. The molecule has 0 saturated heterocycles. The third-order valence-corrected chi connectivity index (χ3v) is 4.41. The Hall–Kier alpha value is -2.47. The first-order valence-corrected chi connectivity index (χ1v) is 8.22. The van der Waals surface area contributed by atoms with E-state index in [9.17, 15) is 4.79 Å². The van der Waals surface area contributed by atoms with Gasteiger partial charge in [-0.05, 0) is 72.1 Å². The Morgan fingerprint density at radius 3 is 2.67 bits per heavy atom. The first kappa shape index (κ1) is 16.4. The number of halogens is 1. The number of hydrogen-bond donors (Lipinski definition) is 1. The van der Waals surface area contributed by atoms with Crippen LogP contribution in [0.3, 0.4) is 0 Å². The van der Waals surface area contributed by atoms with Crippen molar-refractivity contribution in [1.29, 1.82) is 0 Å². The number of pyridine rings is 1. The van der Waals surface area contributed by atoms with Crippen LogP contribution >= 0.6 is 15.9 Å². The minimum Gasteiger partial charge on any atom is -0.438 e. The Morgan fingerprint density at radius 2 is 1.96 bits per heavy atom. The highest BCUT2D eigenvalue weighted by Gasteiger charge is 2.13. The number of aromatic amines is 1. The zero-order valence-electron chi connectivity index (χ0n) is 13.6. The number of nitrogens with one attached hydrogen (secondary N) is 1. The van der Waals surface area contributed by atoms with Gasteiger partial charge in [0, 0.05) is 17.3 Å². The first-order chi connectivity index (χ1) is 11.5. The summed E-state index contributed by atoms with van der Waals surface area (Å²) >= 11 is 3.42. The SMILES string of the molecule is Cc1cc(Oc2ncccc2Br)ccc1-c1c(C)n[nH]c(=O)c1C. The van der Waals surface area contributed by atoms with Gasteiger partial charge >= 0.3 is 0 Å². The van der Waals surface area contributed by atoms with Gasteiger partial charge in [0.1, 0.15) is 5.75 Å². The summed E-state index contributed by atoms with van der Waals surface area (Å²) in [4.78, 5) is 16.1. The lowest BCUT2D eigenvalue weighted by molar-refractivity contribution is 0.459. The average Bonchev–Trinajstić information content (AvgIpc) is 2.55. The summed E-state index contributed by atoms with van der Waals surface area (Å²) in [5.41, 5.74) is 4.10. The van der Waals surface area contributed by atoms with Gasteiger partial charge in [-0.3, -0.25) is 4.79 Å². The summed E-state index contributed by atoms with van der Waals surface area (Å²) in [6.07, 6.45) is 1.68. The molecule has 0 aliphatic carbocycles. The van der Waals surface area contributed by atoms with Gasteiger partial charge < -0.3 is 4.74 Å². The molecule has 5 nitrogen and oxygen atoms in total. The van der Waals surface area contributed by atoms with E-state index in [-0.39, 0.29) is 5.56 Å². The summed E-state index contributed by atoms with van der Waals surface area (Å²) in [6.45, 7) is 5.67. The fourth-order valence-electron chi connectivity index (χ4n) is 2.59. The van der Waals surface area contributed by atoms with Gasteiger partial charge in [-0.15, -0.1) is 0 Å². The minimum atomic E-state index is -0.173. The van der Waals surface area contributed by atoms with Crippen molar-refractivity contribution in [2.75, 3.05) is 0 Å². The molecule has 0 aliphatic heterocycles. The molecule has 0 amide bonds. The van der Waals surface area contributed by atoms with Crippen LogP contribution in [0.4, 0.5) is 0 Å². The predicted molar refractivity (Wildman–Crippen MR) is 96.5 cm³/mol. The van der Waals surface area contributed by atoms with Crippen molar-refractivity contribution in [3.8, 4) is 22.8 Å². The van der Waals surface area contributed by atoms with Crippen LogP contribution in [0.1, 0.15) is 16.8 Å². The number of nitrogens with zero attached hydrogens (tertiary/aromatic N) is 2. The molecule has 3 rings (SSSR count).